The number of benzene rings is 1. The van der Waals surface area contributed by atoms with E-state index in [-0.39, 0.29) is 11.9 Å². The third kappa shape index (κ3) is 3.69. The molecule has 1 unspecified atom stereocenters. The molecule has 2 fully saturated rings. The maximum absolute atomic E-state index is 13.3. The lowest BCUT2D eigenvalue weighted by Crippen LogP contribution is -2.50. The highest BCUT2D eigenvalue weighted by Gasteiger charge is 2.49. The fourth-order valence-electron chi connectivity index (χ4n) is 4.20. The van der Waals surface area contributed by atoms with Crippen molar-refractivity contribution in [1.82, 2.24) is 14.8 Å². The van der Waals surface area contributed by atoms with Crippen molar-refractivity contribution in [3.8, 4) is 0 Å². The number of likely N-dealkylation sites (tertiary alicyclic amines) is 2. The SMILES string of the molecule is O=C(Nc1ccccc1Cl)N1CCC2(CCCN(Cc3cccnc3)C2=O)C1. The Kier molecular flexibility index (Phi) is 5.22. The molecular weight excluding hydrogens is 376 g/mol. The zero-order valence-electron chi connectivity index (χ0n) is 15.6. The minimum absolute atomic E-state index is 0.149. The van der Waals surface area contributed by atoms with E-state index in [4.69, 9.17) is 11.6 Å². The molecule has 3 heterocycles. The van der Waals surface area contributed by atoms with Crippen LogP contribution in [0.2, 0.25) is 5.02 Å². The van der Waals surface area contributed by atoms with Gasteiger partial charge in [-0.15, -0.1) is 0 Å². The standard InChI is InChI=1S/C21H23ClN4O2/c22-17-6-1-2-7-18(17)24-20(28)26-12-9-21(15-26)8-4-11-25(19(21)27)14-16-5-3-10-23-13-16/h1-3,5-7,10,13H,4,8-9,11-12,14-15H2,(H,24,28). The van der Waals surface area contributed by atoms with Crippen LogP contribution in [0.25, 0.3) is 0 Å². The van der Waals surface area contributed by atoms with Gasteiger partial charge in [-0.2, -0.15) is 0 Å². The Hall–Kier alpha value is -2.60. The predicted octanol–water partition coefficient (Wildman–Crippen LogP) is 3.78. The molecule has 0 bridgehead atoms. The normalized spacial score (nSPS) is 22.0. The smallest absolute Gasteiger partial charge is 0.321 e. The van der Waals surface area contributed by atoms with Gasteiger partial charge >= 0.3 is 6.03 Å². The lowest BCUT2D eigenvalue weighted by Gasteiger charge is -2.39. The highest BCUT2D eigenvalue weighted by molar-refractivity contribution is 6.33. The van der Waals surface area contributed by atoms with Crippen molar-refractivity contribution >= 4 is 29.2 Å². The van der Waals surface area contributed by atoms with Crippen molar-refractivity contribution in [2.75, 3.05) is 25.0 Å². The number of amides is 3. The molecular formula is C21H23ClN4O2. The Morgan fingerprint density at radius 3 is 2.82 bits per heavy atom. The van der Waals surface area contributed by atoms with Gasteiger partial charge in [0.15, 0.2) is 0 Å². The number of hydrogen-bond acceptors (Lipinski definition) is 3. The summed E-state index contributed by atoms with van der Waals surface area (Å²) >= 11 is 6.14. The van der Waals surface area contributed by atoms with Gasteiger partial charge in [0.25, 0.3) is 0 Å². The Morgan fingerprint density at radius 2 is 2.04 bits per heavy atom. The Morgan fingerprint density at radius 1 is 1.18 bits per heavy atom. The van der Waals surface area contributed by atoms with Gasteiger partial charge in [0.2, 0.25) is 5.91 Å². The number of halogens is 1. The number of aromatic nitrogens is 1. The van der Waals surface area contributed by atoms with Gasteiger partial charge in [0, 0.05) is 38.6 Å². The topological polar surface area (TPSA) is 65.5 Å². The van der Waals surface area contributed by atoms with Gasteiger partial charge < -0.3 is 15.1 Å². The molecule has 2 saturated heterocycles. The molecule has 2 aliphatic rings. The van der Waals surface area contributed by atoms with Gasteiger partial charge in [0.1, 0.15) is 0 Å². The van der Waals surface area contributed by atoms with E-state index < -0.39 is 5.41 Å². The summed E-state index contributed by atoms with van der Waals surface area (Å²) in [4.78, 5) is 33.7. The fourth-order valence-corrected chi connectivity index (χ4v) is 4.38. The number of carbonyl (C=O) groups excluding carboxylic acids is 2. The maximum atomic E-state index is 13.3. The minimum Gasteiger partial charge on any atom is -0.338 e. The van der Waals surface area contributed by atoms with Crippen molar-refractivity contribution in [2.24, 2.45) is 5.41 Å². The van der Waals surface area contributed by atoms with Crippen LogP contribution in [-0.2, 0) is 11.3 Å². The van der Waals surface area contributed by atoms with Crippen LogP contribution in [-0.4, -0.2) is 46.4 Å². The van der Waals surface area contributed by atoms with E-state index in [0.29, 0.717) is 36.8 Å². The molecule has 0 radical (unpaired) electrons. The van der Waals surface area contributed by atoms with Crippen LogP contribution in [0, 0.1) is 5.41 Å². The molecule has 3 amide bonds. The van der Waals surface area contributed by atoms with Crippen LogP contribution in [0.1, 0.15) is 24.8 Å². The Balaban J connectivity index is 1.43. The minimum atomic E-state index is -0.474. The highest BCUT2D eigenvalue weighted by Crippen LogP contribution is 2.40. The summed E-state index contributed by atoms with van der Waals surface area (Å²) in [5.74, 6) is 0.149. The first-order chi connectivity index (χ1) is 13.6. The van der Waals surface area contributed by atoms with Crippen LogP contribution < -0.4 is 5.32 Å². The second-order valence-corrected chi connectivity index (χ2v) is 7.96. The van der Waals surface area contributed by atoms with E-state index in [1.54, 1.807) is 29.4 Å². The second kappa shape index (κ2) is 7.80. The zero-order chi connectivity index (χ0) is 19.6. The molecule has 0 saturated carbocycles. The lowest BCUT2D eigenvalue weighted by molar-refractivity contribution is -0.146. The number of hydrogen-bond donors (Lipinski definition) is 1. The van der Waals surface area contributed by atoms with Gasteiger partial charge in [-0.1, -0.05) is 29.8 Å². The number of piperidine rings is 1. The van der Waals surface area contributed by atoms with E-state index >= 15 is 0 Å². The molecule has 2 aromatic rings. The van der Waals surface area contributed by atoms with Gasteiger partial charge in [-0.25, -0.2) is 4.79 Å². The van der Waals surface area contributed by atoms with Gasteiger partial charge in [-0.05, 0) is 43.0 Å². The zero-order valence-corrected chi connectivity index (χ0v) is 16.4. The van der Waals surface area contributed by atoms with Crippen molar-refractivity contribution in [3.05, 3.63) is 59.4 Å². The Labute approximate surface area is 169 Å². The summed E-state index contributed by atoms with van der Waals surface area (Å²) in [6.07, 6.45) is 6.00. The van der Waals surface area contributed by atoms with E-state index in [2.05, 4.69) is 10.3 Å². The number of anilines is 1. The summed E-state index contributed by atoms with van der Waals surface area (Å²) < 4.78 is 0. The monoisotopic (exact) mass is 398 g/mol. The summed E-state index contributed by atoms with van der Waals surface area (Å²) in [5, 5.41) is 3.36. The molecule has 1 N–H and O–H groups in total. The fraction of sp³-hybridized carbons (Fsp3) is 0.381. The van der Waals surface area contributed by atoms with E-state index in [1.165, 1.54) is 0 Å². The van der Waals surface area contributed by atoms with Crippen LogP contribution in [0.3, 0.4) is 0 Å². The van der Waals surface area contributed by atoms with Gasteiger partial charge in [-0.3, -0.25) is 9.78 Å². The third-order valence-electron chi connectivity index (χ3n) is 5.68. The molecule has 1 atom stereocenters. The van der Waals surface area contributed by atoms with Crippen LogP contribution >= 0.6 is 11.6 Å². The number of pyridine rings is 1. The molecule has 6 nitrogen and oxygen atoms in total. The van der Waals surface area contributed by atoms with Crippen molar-refractivity contribution in [1.29, 1.82) is 0 Å². The third-order valence-corrected chi connectivity index (χ3v) is 6.01. The molecule has 0 aliphatic carbocycles. The van der Waals surface area contributed by atoms with E-state index in [1.807, 2.05) is 29.2 Å². The average Bonchev–Trinajstić information content (AvgIpc) is 3.13. The number of carbonyl (C=O) groups is 2. The first-order valence-corrected chi connectivity index (χ1v) is 9.94. The predicted molar refractivity (Wildman–Crippen MR) is 108 cm³/mol. The number of urea groups is 1. The van der Waals surface area contributed by atoms with Gasteiger partial charge in [0.05, 0.1) is 16.1 Å². The molecule has 1 aromatic carbocycles. The van der Waals surface area contributed by atoms with E-state index in [9.17, 15) is 9.59 Å². The van der Waals surface area contributed by atoms with E-state index in [0.717, 1.165) is 24.9 Å². The van der Waals surface area contributed by atoms with Crippen LogP contribution in [0.5, 0.6) is 0 Å². The number of para-hydroxylation sites is 1. The van der Waals surface area contributed by atoms with Crippen LogP contribution in [0.4, 0.5) is 10.5 Å². The summed E-state index contributed by atoms with van der Waals surface area (Å²) in [6, 6.07) is 10.8. The molecule has 4 rings (SSSR count). The second-order valence-electron chi connectivity index (χ2n) is 7.55. The average molecular weight is 399 g/mol. The number of nitrogens with one attached hydrogen (secondary N) is 1. The molecule has 28 heavy (non-hydrogen) atoms. The molecule has 1 spiro atoms. The Bertz CT molecular complexity index is 876. The lowest BCUT2D eigenvalue weighted by atomic mass is 9.78. The van der Waals surface area contributed by atoms with Crippen molar-refractivity contribution in [3.63, 3.8) is 0 Å². The summed E-state index contributed by atoms with van der Waals surface area (Å²) in [5.41, 5.74) is 1.14. The van der Waals surface area contributed by atoms with Crippen molar-refractivity contribution < 1.29 is 9.59 Å². The maximum Gasteiger partial charge on any atom is 0.321 e. The molecule has 2 aliphatic heterocycles. The quantitative estimate of drug-likeness (QED) is 0.855. The van der Waals surface area contributed by atoms with Crippen LogP contribution in [0.15, 0.2) is 48.8 Å². The van der Waals surface area contributed by atoms with Crippen molar-refractivity contribution in [2.45, 2.75) is 25.8 Å². The largest absolute Gasteiger partial charge is 0.338 e. The molecule has 1 aromatic heterocycles. The highest BCUT2D eigenvalue weighted by atomic mass is 35.5. The first-order valence-electron chi connectivity index (χ1n) is 9.56. The number of nitrogens with zero attached hydrogens (tertiary/aromatic N) is 3. The molecule has 7 heteroatoms. The molecule has 146 valence electrons. The summed E-state index contributed by atoms with van der Waals surface area (Å²) in [6.45, 7) is 2.34. The summed E-state index contributed by atoms with van der Waals surface area (Å²) in [7, 11) is 0. The number of rotatable bonds is 3. The first kappa shape index (κ1) is 18.7.